The van der Waals surface area contributed by atoms with Crippen LogP contribution in [0.4, 0.5) is 13.2 Å². The third-order valence-corrected chi connectivity index (χ3v) is 2.78. The van der Waals surface area contributed by atoms with E-state index < -0.39 is 6.43 Å². The maximum atomic E-state index is 12.9. The highest BCUT2D eigenvalue weighted by molar-refractivity contribution is 5.23. The Labute approximate surface area is 110 Å². The standard InChI is InChI=1S/C15H14F3N/c16-14-3-1-2-12(8-14)10-19-9-11-4-6-13(7-5-11)15(17)18/h1-8,15,19H,9-10H2. The molecule has 0 aliphatic rings. The highest BCUT2D eigenvalue weighted by Gasteiger charge is 2.05. The lowest BCUT2D eigenvalue weighted by atomic mass is 10.1. The maximum Gasteiger partial charge on any atom is 0.263 e. The minimum atomic E-state index is -2.44. The van der Waals surface area contributed by atoms with Gasteiger partial charge in [-0.05, 0) is 23.3 Å². The van der Waals surface area contributed by atoms with Gasteiger partial charge in [0.15, 0.2) is 0 Å². The van der Waals surface area contributed by atoms with E-state index in [1.54, 1.807) is 18.2 Å². The van der Waals surface area contributed by atoms with Gasteiger partial charge in [0, 0.05) is 18.7 Å². The Bertz CT molecular complexity index is 523. The fourth-order valence-electron chi connectivity index (χ4n) is 1.78. The predicted octanol–water partition coefficient (Wildman–Crippen LogP) is 4.05. The van der Waals surface area contributed by atoms with E-state index in [-0.39, 0.29) is 11.4 Å². The van der Waals surface area contributed by atoms with Crippen LogP contribution >= 0.6 is 0 Å². The Balaban J connectivity index is 1.85. The lowest BCUT2D eigenvalue weighted by Gasteiger charge is -2.06. The maximum absolute atomic E-state index is 12.9. The second kappa shape index (κ2) is 6.38. The van der Waals surface area contributed by atoms with E-state index in [4.69, 9.17) is 0 Å². The fourth-order valence-corrected chi connectivity index (χ4v) is 1.78. The molecule has 0 fully saturated rings. The van der Waals surface area contributed by atoms with E-state index >= 15 is 0 Å². The molecule has 0 spiro atoms. The summed E-state index contributed by atoms with van der Waals surface area (Å²) in [6.45, 7) is 1.09. The number of hydrogen-bond acceptors (Lipinski definition) is 1. The van der Waals surface area contributed by atoms with Crippen molar-refractivity contribution in [2.75, 3.05) is 0 Å². The normalized spacial score (nSPS) is 10.9. The molecular weight excluding hydrogens is 251 g/mol. The first-order valence-corrected chi connectivity index (χ1v) is 5.97. The summed E-state index contributed by atoms with van der Waals surface area (Å²) in [5.41, 5.74) is 1.79. The van der Waals surface area contributed by atoms with Gasteiger partial charge in [0.1, 0.15) is 5.82 Å². The average molecular weight is 265 g/mol. The largest absolute Gasteiger partial charge is 0.309 e. The van der Waals surface area contributed by atoms with E-state index in [1.165, 1.54) is 24.3 Å². The summed E-state index contributed by atoms with van der Waals surface area (Å²) in [7, 11) is 0. The van der Waals surface area contributed by atoms with Crippen LogP contribution in [0.25, 0.3) is 0 Å². The van der Waals surface area contributed by atoms with Gasteiger partial charge in [-0.15, -0.1) is 0 Å². The van der Waals surface area contributed by atoms with Crippen molar-refractivity contribution in [2.24, 2.45) is 0 Å². The molecule has 4 heteroatoms. The lowest BCUT2D eigenvalue weighted by Crippen LogP contribution is -2.12. The Morgan fingerprint density at radius 2 is 1.58 bits per heavy atom. The highest BCUT2D eigenvalue weighted by atomic mass is 19.3. The molecule has 0 aliphatic carbocycles. The predicted molar refractivity (Wildman–Crippen MR) is 68.3 cm³/mol. The first kappa shape index (κ1) is 13.6. The first-order valence-electron chi connectivity index (χ1n) is 5.97. The summed E-state index contributed by atoms with van der Waals surface area (Å²) < 4.78 is 37.7. The average Bonchev–Trinajstić information content (AvgIpc) is 2.39. The van der Waals surface area contributed by atoms with Gasteiger partial charge in [0.05, 0.1) is 0 Å². The van der Waals surface area contributed by atoms with E-state index in [2.05, 4.69) is 5.32 Å². The molecular formula is C15H14F3N. The Hall–Kier alpha value is -1.81. The molecule has 0 aliphatic heterocycles. The third-order valence-electron chi connectivity index (χ3n) is 2.78. The SMILES string of the molecule is Fc1cccc(CNCc2ccc(C(F)F)cc2)c1. The first-order chi connectivity index (χ1) is 9.15. The van der Waals surface area contributed by atoms with E-state index in [0.717, 1.165) is 11.1 Å². The molecule has 0 aromatic heterocycles. The summed E-state index contributed by atoms with van der Waals surface area (Å²) in [6.07, 6.45) is -2.44. The van der Waals surface area contributed by atoms with Gasteiger partial charge in [-0.2, -0.15) is 0 Å². The summed E-state index contributed by atoms with van der Waals surface area (Å²) in [5.74, 6) is -0.263. The van der Waals surface area contributed by atoms with Crippen LogP contribution in [0.5, 0.6) is 0 Å². The molecule has 0 bridgehead atoms. The van der Waals surface area contributed by atoms with Gasteiger partial charge >= 0.3 is 0 Å². The minimum absolute atomic E-state index is 0.0221. The molecule has 0 saturated carbocycles. The summed E-state index contributed by atoms with van der Waals surface area (Å²) in [6, 6.07) is 12.5. The molecule has 0 unspecified atom stereocenters. The van der Waals surface area contributed by atoms with E-state index in [1.807, 2.05) is 6.07 Å². The molecule has 0 amide bonds. The molecule has 0 saturated heterocycles. The van der Waals surface area contributed by atoms with Crippen LogP contribution in [0.1, 0.15) is 23.1 Å². The van der Waals surface area contributed by atoms with E-state index in [0.29, 0.717) is 13.1 Å². The lowest BCUT2D eigenvalue weighted by molar-refractivity contribution is 0.151. The Morgan fingerprint density at radius 1 is 0.895 bits per heavy atom. The van der Waals surface area contributed by atoms with Crippen LogP contribution < -0.4 is 5.32 Å². The molecule has 1 nitrogen and oxygen atoms in total. The highest BCUT2D eigenvalue weighted by Crippen LogP contribution is 2.18. The van der Waals surface area contributed by atoms with Crippen molar-refractivity contribution < 1.29 is 13.2 Å². The summed E-state index contributed by atoms with van der Waals surface area (Å²) in [5, 5.41) is 3.14. The molecule has 2 aromatic rings. The zero-order valence-corrected chi connectivity index (χ0v) is 10.2. The summed E-state index contributed by atoms with van der Waals surface area (Å²) >= 11 is 0. The summed E-state index contributed by atoms with van der Waals surface area (Å²) in [4.78, 5) is 0. The van der Waals surface area contributed by atoms with Gasteiger partial charge in [0.25, 0.3) is 6.43 Å². The smallest absolute Gasteiger partial charge is 0.263 e. The molecule has 0 heterocycles. The van der Waals surface area contributed by atoms with Gasteiger partial charge in [-0.1, -0.05) is 36.4 Å². The number of nitrogens with one attached hydrogen (secondary N) is 1. The molecule has 0 atom stereocenters. The van der Waals surface area contributed by atoms with Crippen LogP contribution in [0, 0.1) is 5.82 Å². The van der Waals surface area contributed by atoms with Crippen molar-refractivity contribution in [2.45, 2.75) is 19.5 Å². The number of rotatable bonds is 5. The van der Waals surface area contributed by atoms with Gasteiger partial charge < -0.3 is 5.32 Å². The van der Waals surface area contributed by atoms with Crippen molar-refractivity contribution in [1.82, 2.24) is 5.32 Å². The molecule has 100 valence electrons. The van der Waals surface area contributed by atoms with Gasteiger partial charge in [-0.3, -0.25) is 0 Å². The number of benzene rings is 2. The van der Waals surface area contributed by atoms with Gasteiger partial charge in [-0.25, -0.2) is 13.2 Å². The van der Waals surface area contributed by atoms with E-state index in [9.17, 15) is 13.2 Å². The molecule has 19 heavy (non-hydrogen) atoms. The topological polar surface area (TPSA) is 12.0 Å². The van der Waals surface area contributed by atoms with Crippen molar-refractivity contribution in [3.63, 3.8) is 0 Å². The van der Waals surface area contributed by atoms with Crippen LogP contribution in [0.15, 0.2) is 48.5 Å². The third kappa shape index (κ3) is 4.10. The molecule has 2 aromatic carbocycles. The number of alkyl halides is 2. The van der Waals surface area contributed by atoms with Gasteiger partial charge in [0.2, 0.25) is 0 Å². The zero-order valence-electron chi connectivity index (χ0n) is 10.2. The molecule has 2 rings (SSSR count). The zero-order chi connectivity index (χ0) is 13.7. The second-order valence-corrected chi connectivity index (χ2v) is 4.28. The van der Waals surface area contributed by atoms with Crippen LogP contribution in [-0.2, 0) is 13.1 Å². The minimum Gasteiger partial charge on any atom is -0.309 e. The number of hydrogen-bond donors (Lipinski definition) is 1. The van der Waals surface area contributed by atoms with Crippen molar-refractivity contribution >= 4 is 0 Å². The molecule has 1 N–H and O–H groups in total. The molecule has 0 radical (unpaired) electrons. The quantitative estimate of drug-likeness (QED) is 0.859. The fraction of sp³-hybridized carbons (Fsp3) is 0.200. The van der Waals surface area contributed by atoms with Crippen LogP contribution in [-0.4, -0.2) is 0 Å². The van der Waals surface area contributed by atoms with Crippen molar-refractivity contribution in [1.29, 1.82) is 0 Å². The Morgan fingerprint density at radius 3 is 2.21 bits per heavy atom. The van der Waals surface area contributed by atoms with Crippen molar-refractivity contribution in [3.05, 3.63) is 71.0 Å². The van der Waals surface area contributed by atoms with Crippen LogP contribution in [0.2, 0.25) is 0 Å². The Kier molecular flexibility index (Phi) is 4.58. The number of halogens is 3. The second-order valence-electron chi connectivity index (χ2n) is 4.28. The monoisotopic (exact) mass is 265 g/mol. The van der Waals surface area contributed by atoms with Crippen molar-refractivity contribution in [3.8, 4) is 0 Å². The van der Waals surface area contributed by atoms with Crippen LogP contribution in [0.3, 0.4) is 0 Å².